The molecule has 0 atom stereocenters. The second-order valence-corrected chi connectivity index (χ2v) is 11.2. The molecule has 7 nitrogen and oxygen atoms in total. The molecule has 4 rings (SSSR count). The molecule has 12 heteroatoms. The highest BCUT2D eigenvalue weighted by Crippen LogP contribution is 2.36. The number of rotatable bonds is 6. The minimum atomic E-state index is -4.43. The molecular weight excluding hydrogens is 508 g/mol. The van der Waals surface area contributed by atoms with Gasteiger partial charge in [-0.3, -0.25) is 9.52 Å². The number of amides is 1. The topological polar surface area (TPSA) is 93.7 Å². The molecule has 0 bridgehead atoms. The fourth-order valence-electron chi connectivity index (χ4n) is 3.53. The number of hydrogen-bond donors (Lipinski definition) is 2. The highest BCUT2D eigenvalue weighted by molar-refractivity contribution is 7.92. The number of anilines is 2. The molecule has 1 amide bonds. The smallest absolute Gasteiger partial charge is 0.399 e. The second-order valence-electron chi connectivity index (χ2n) is 9.54. The van der Waals surface area contributed by atoms with Crippen LogP contribution in [0, 0.1) is 17.5 Å². The van der Waals surface area contributed by atoms with Gasteiger partial charge in [0.15, 0.2) is 11.6 Å². The molecule has 1 saturated heterocycles. The van der Waals surface area contributed by atoms with Gasteiger partial charge in [0, 0.05) is 23.0 Å². The van der Waals surface area contributed by atoms with Crippen LogP contribution >= 0.6 is 0 Å². The van der Waals surface area contributed by atoms with Crippen molar-refractivity contribution in [3.05, 3.63) is 83.7 Å². The van der Waals surface area contributed by atoms with Crippen molar-refractivity contribution in [3.63, 3.8) is 0 Å². The SMILES string of the molecule is CC1(C)OB(c2ccc(NS(=O)(=O)c3cc(C(=O)Nc4ccc(F)c(F)c4)ccc3F)cc2)OC1(C)C. The van der Waals surface area contributed by atoms with Crippen LogP contribution in [0.3, 0.4) is 0 Å². The summed E-state index contributed by atoms with van der Waals surface area (Å²) in [7, 11) is -5.07. The summed E-state index contributed by atoms with van der Waals surface area (Å²) in [6, 6.07) is 11.7. The van der Waals surface area contributed by atoms with Crippen molar-refractivity contribution in [3.8, 4) is 0 Å². The van der Waals surface area contributed by atoms with Crippen LogP contribution in [-0.4, -0.2) is 32.6 Å². The van der Waals surface area contributed by atoms with Gasteiger partial charge >= 0.3 is 7.12 Å². The molecule has 1 fully saturated rings. The van der Waals surface area contributed by atoms with Gasteiger partial charge in [0.25, 0.3) is 15.9 Å². The van der Waals surface area contributed by atoms with Crippen LogP contribution in [0.25, 0.3) is 0 Å². The van der Waals surface area contributed by atoms with Gasteiger partial charge in [0.05, 0.1) is 11.2 Å². The zero-order valence-electron chi connectivity index (χ0n) is 20.4. The lowest BCUT2D eigenvalue weighted by molar-refractivity contribution is 0.00578. The maximum Gasteiger partial charge on any atom is 0.494 e. The number of hydrogen-bond acceptors (Lipinski definition) is 5. The van der Waals surface area contributed by atoms with Crippen LogP contribution in [0.2, 0.25) is 0 Å². The van der Waals surface area contributed by atoms with Gasteiger partial charge in [0.1, 0.15) is 10.7 Å². The summed E-state index contributed by atoms with van der Waals surface area (Å²) >= 11 is 0. The molecule has 3 aromatic carbocycles. The Bertz CT molecular complexity index is 1450. The van der Waals surface area contributed by atoms with Gasteiger partial charge in [-0.15, -0.1) is 0 Å². The summed E-state index contributed by atoms with van der Waals surface area (Å²) in [6.07, 6.45) is 0. The first kappa shape index (κ1) is 26.7. The Morgan fingerprint density at radius 3 is 1.95 bits per heavy atom. The van der Waals surface area contributed by atoms with E-state index in [1.165, 1.54) is 12.1 Å². The minimum Gasteiger partial charge on any atom is -0.399 e. The van der Waals surface area contributed by atoms with E-state index in [-0.39, 0.29) is 16.9 Å². The van der Waals surface area contributed by atoms with E-state index in [4.69, 9.17) is 9.31 Å². The van der Waals surface area contributed by atoms with Crippen LogP contribution in [-0.2, 0) is 19.3 Å². The van der Waals surface area contributed by atoms with Crippen LogP contribution in [0.4, 0.5) is 24.5 Å². The lowest BCUT2D eigenvalue weighted by atomic mass is 9.79. The van der Waals surface area contributed by atoms with Gasteiger partial charge in [-0.2, -0.15) is 0 Å². The van der Waals surface area contributed by atoms with Crippen molar-refractivity contribution in [2.45, 2.75) is 43.8 Å². The van der Waals surface area contributed by atoms with Crippen molar-refractivity contribution in [1.82, 2.24) is 0 Å². The summed E-state index contributed by atoms with van der Waals surface area (Å²) < 4.78 is 81.1. The molecule has 194 valence electrons. The number of nitrogens with one attached hydrogen (secondary N) is 2. The van der Waals surface area contributed by atoms with E-state index in [1.807, 2.05) is 27.7 Å². The average molecular weight is 532 g/mol. The van der Waals surface area contributed by atoms with Gasteiger partial charge < -0.3 is 14.6 Å². The average Bonchev–Trinajstić information content (AvgIpc) is 3.03. The molecule has 3 aromatic rings. The Hall–Kier alpha value is -3.35. The van der Waals surface area contributed by atoms with E-state index >= 15 is 0 Å². The molecule has 2 N–H and O–H groups in total. The second kappa shape index (κ2) is 9.51. The largest absolute Gasteiger partial charge is 0.494 e. The third-order valence-corrected chi connectivity index (χ3v) is 7.75. The van der Waals surface area contributed by atoms with Crippen LogP contribution in [0.1, 0.15) is 38.1 Å². The van der Waals surface area contributed by atoms with Gasteiger partial charge in [-0.25, -0.2) is 21.6 Å². The number of halogens is 3. The molecule has 37 heavy (non-hydrogen) atoms. The van der Waals surface area contributed by atoms with Crippen molar-refractivity contribution in [2.24, 2.45) is 0 Å². The highest BCUT2D eigenvalue weighted by atomic mass is 32.2. The zero-order chi connectivity index (χ0) is 27.2. The fourth-order valence-corrected chi connectivity index (χ4v) is 4.69. The minimum absolute atomic E-state index is 0.0576. The van der Waals surface area contributed by atoms with E-state index in [9.17, 15) is 26.4 Å². The maximum atomic E-state index is 14.5. The lowest BCUT2D eigenvalue weighted by Crippen LogP contribution is -2.41. The normalized spacial score (nSPS) is 16.5. The lowest BCUT2D eigenvalue weighted by Gasteiger charge is -2.32. The monoisotopic (exact) mass is 532 g/mol. The first-order valence-electron chi connectivity index (χ1n) is 11.2. The van der Waals surface area contributed by atoms with Gasteiger partial charge in [-0.1, -0.05) is 12.1 Å². The Kier molecular flexibility index (Phi) is 6.87. The molecule has 1 heterocycles. The number of sulfonamides is 1. The van der Waals surface area contributed by atoms with E-state index in [0.29, 0.717) is 5.46 Å². The van der Waals surface area contributed by atoms with E-state index in [0.717, 1.165) is 36.4 Å². The molecule has 0 radical (unpaired) electrons. The molecular formula is C25H24BF3N2O5S. The summed E-state index contributed by atoms with van der Waals surface area (Å²) in [6.45, 7) is 7.65. The Morgan fingerprint density at radius 1 is 0.784 bits per heavy atom. The van der Waals surface area contributed by atoms with Crippen LogP contribution in [0.5, 0.6) is 0 Å². The number of carbonyl (C=O) groups is 1. The predicted molar refractivity (Wildman–Crippen MR) is 134 cm³/mol. The van der Waals surface area contributed by atoms with Gasteiger partial charge in [-0.05, 0) is 75.6 Å². The molecule has 0 aliphatic carbocycles. The van der Waals surface area contributed by atoms with Crippen molar-refractivity contribution >= 4 is 39.9 Å². The highest BCUT2D eigenvalue weighted by Gasteiger charge is 2.51. The quantitative estimate of drug-likeness (QED) is 0.458. The maximum absolute atomic E-state index is 14.5. The Morgan fingerprint density at radius 2 is 1.35 bits per heavy atom. The Labute approximate surface area is 213 Å². The van der Waals surface area contributed by atoms with E-state index in [1.54, 1.807) is 12.1 Å². The summed E-state index contributed by atoms with van der Waals surface area (Å²) in [4.78, 5) is 11.8. The third-order valence-electron chi connectivity index (χ3n) is 6.35. The van der Waals surface area contributed by atoms with Crippen LogP contribution in [0.15, 0.2) is 65.6 Å². The van der Waals surface area contributed by atoms with Crippen molar-refractivity contribution in [2.75, 3.05) is 10.0 Å². The molecule has 0 unspecified atom stereocenters. The number of benzene rings is 3. The van der Waals surface area contributed by atoms with Crippen molar-refractivity contribution < 1.29 is 35.7 Å². The van der Waals surface area contributed by atoms with Gasteiger partial charge in [0.2, 0.25) is 0 Å². The summed E-state index contributed by atoms with van der Waals surface area (Å²) in [5, 5.41) is 2.31. The predicted octanol–water partition coefficient (Wildman–Crippen LogP) is 4.46. The first-order chi connectivity index (χ1) is 17.2. The summed E-state index contributed by atoms with van der Waals surface area (Å²) in [5.41, 5.74) is -0.532. The standard InChI is InChI=1S/C25H24BF3N2O5S/c1-24(2)25(3,4)36-26(35-24)16-6-8-17(9-7-16)31-37(33,34)22-13-15(5-11-20(22)28)23(32)30-18-10-12-19(27)21(29)14-18/h5-14,31H,1-4H3,(H,30,32). The molecule has 1 aliphatic heterocycles. The molecule has 1 aliphatic rings. The fraction of sp³-hybridized carbons (Fsp3) is 0.240. The third kappa shape index (κ3) is 5.51. The molecule has 0 saturated carbocycles. The van der Waals surface area contributed by atoms with Crippen molar-refractivity contribution in [1.29, 1.82) is 0 Å². The van der Waals surface area contributed by atoms with E-state index < -0.39 is 56.6 Å². The molecule has 0 spiro atoms. The van der Waals surface area contributed by atoms with Crippen LogP contribution < -0.4 is 15.5 Å². The number of carbonyl (C=O) groups excluding carboxylic acids is 1. The zero-order valence-corrected chi connectivity index (χ0v) is 21.3. The summed E-state index contributed by atoms with van der Waals surface area (Å²) in [5.74, 6) is -4.18. The Balaban J connectivity index is 1.51. The van der Waals surface area contributed by atoms with E-state index in [2.05, 4.69) is 10.0 Å². The molecule has 0 aromatic heterocycles. The first-order valence-corrected chi connectivity index (χ1v) is 12.7.